The average Bonchev–Trinajstić information content (AvgIpc) is 2.49. The van der Waals surface area contributed by atoms with E-state index in [2.05, 4.69) is 0 Å². The lowest BCUT2D eigenvalue weighted by atomic mass is 9.96. The van der Waals surface area contributed by atoms with Crippen molar-refractivity contribution in [1.29, 1.82) is 0 Å². The van der Waals surface area contributed by atoms with Gasteiger partial charge in [-0.1, -0.05) is 0 Å². The lowest BCUT2D eigenvalue weighted by molar-refractivity contribution is -0.173. The number of hydrogen-bond donors (Lipinski definition) is 2. The van der Waals surface area contributed by atoms with Crippen LogP contribution in [0.25, 0.3) is 0 Å². The van der Waals surface area contributed by atoms with Crippen LogP contribution in [-0.4, -0.2) is 47.7 Å². The van der Waals surface area contributed by atoms with Gasteiger partial charge in [0.25, 0.3) is 0 Å². The second-order valence-corrected chi connectivity index (χ2v) is 3.38. The van der Waals surface area contributed by atoms with Gasteiger partial charge in [-0.25, -0.2) is 4.79 Å². The Bertz CT molecular complexity index is 205. The Balaban J connectivity index is 2.58. The van der Waals surface area contributed by atoms with Gasteiger partial charge in [0.1, 0.15) is 0 Å². The van der Waals surface area contributed by atoms with Crippen molar-refractivity contribution in [2.75, 3.05) is 19.8 Å². The molecule has 5 heteroatoms. The first-order chi connectivity index (χ1) is 6.63. The molecule has 0 saturated carbocycles. The number of hydrogen-bond acceptors (Lipinski definition) is 4. The van der Waals surface area contributed by atoms with Gasteiger partial charge in [-0.3, -0.25) is 0 Å². The van der Waals surface area contributed by atoms with E-state index in [0.717, 1.165) is 0 Å². The van der Waals surface area contributed by atoms with Crippen molar-refractivity contribution in [2.24, 2.45) is 0 Å². The molecule has 1 saturated heterocycles. The first-order valence-corrected chi connectivity index (χ1v) is 4.73. The van der Waals surface area contributed by atoms with Crippen LogP contribution in [0.3, 0.4) is 0 Å². The summed E-state index contributed by atoms with van der Waals surface area (Å²) in [6.07, 6.45) is 0.384. The topological polar surface area (TPSA) is 76.0 Å². The van der Waals surface area contributed by atoms with Gasteiger partial charge in [0.15, 0.2) is 5.60 Å². The molecule has 14 heavy (non-hydrogen) atoms. The zero-order chi connectivity index (χ0) is 10.6. The summed E-state index contributed by atoms with van der Waals surface area (Å²) in [5, 5.41) is 17.6. The van der Waals surface area contributed by atoms with Gasteiger partial charge in [0, 0.05) is 13.0 Å². The smallest absolute Gasteiger partial charge is 0.338 e. The summed E-state index contributed by atoms with van der Waals surface area (Å²) in [7, 11) is 0. The molecule has 0 spiro atoms. The summed E-state index contributed by atoms with van der Waals surface area (Å²) in [5.74, 6) is -0.986. The van der Waals surface area contributed by atoms with Crippen LogP contribution in [0.4, 0.5) is 0 Å². The molecule has 0 aromatic carbocycles. The van der Waals surface area contributed by atoms with Gasteiger partial charge >= 0.3 is 5.97 Å². The minimum Gasteiger partial charge on any atom is -0.479 e. The summed E-state index contributed by atoms with van der Waals surface area (Å²) >= 11 is 0. The van der Waals surface area contributed by atoms with Crippen LogP contribution in [-0.2, 0) is 14.3 Å². The third-order valence-electron chi connectivity index (χ3n) is 2.52. The Labute approximate surface area is 82.6 Å². The highest BCUT2D eigenvalue weighted by molar-refractivity contribution is 5.78. The molecule has 1 rings (SSSR count). The van der Waals surface area contributed by atoms with Gasteiger partial charge in [0.05, 0.1) is 19.3 Å². The van der Waals surface area contributed by atoms with E-state index in [9.17, 15) is 4.79 Å². The minimum absolute atomic E-state index is 0.00490. The van der Waals surface area contributed by atoms with E-state index in [1.165, 1.54) is 0 Å². The fraction of sp³-hybridized carbons (Fsp3) is 0.889. The zero-order valence-corrected chi connectivity index (χ0v) is 8.23. The van der Waals surface area contributed by atoms with Crippen LogP contribution < -0.4 is 0 Å². The quantitative estimate of drug-likeness (QED) is 0.617. The molecule has 1 aliphatic heterocycles. The fourth-order valence-corrected chi connectivity index (χ4v) is 1.58. The fourth-order valence-electron chi connectivity index (χ4n) is 1.58. The second kappa shape index (κ2) is 4.72. The summed E-state index contributed by atoms with van der Waals surface area (Å²) in [6.45, 7) is 2.36. The predicted molar refractivity (Wildman–Crippen MR) is 48.1 cm³/mol. The molecule has 1 heterocycles. The monoisotopic (exact) mass is 204 g/mol. The standard InChI is InChI=1S/C9H16O5/c1-7-9(8(11)12,3-6-13-7)14-5-2-4-10/h7,10H,2-6H2,1H3,(H,11,12). The lowest BCUT2D eigenvalue weighted by Gasteiger charge is -2.27. The Hall–Kier alpha value is -0.650. The molecule has 2 atom stereocenters. The first kappa shape index (κ1) is 11.4. The molecule has 0 amide bonds. The van der Waals surface area contributed by atoms with Crippen LogP contribution >= 0.6 is 0 Å². The normalized spacial score (nSPS) is 32.0. The van der Waals surface area contributed by atoms with Crippen molar-refractivity contribution in [1.82, 2.24) is 0 Å². The minimum atomic E-state index is -1.21. The van der Waals surface area contributed by atoms with Crippen LogP contribution in [0.2, 0.25) is 0 Å². The molecule has 0 aliphatic carbocycles. The highest BCUT2D eigenvalue weighted by atomic mass is 16.6. The molecule has 5 nitrogen and oxygen atoms in total. The van der Waals surface area contributed by atoms with Gasteiger partial charge in [-0.2, -0.15) is 0 Å². The summed E-state index contributed by atoms with van der Waals surface area (Å²) in [5.41, 5.74) is -1.21. The molecule has 1 fully saturated rings. The maximum atomic E-state index is 11.1. The summed E-state index contributed by atoms with van der Waals surface area (Å²) in [4.78, 5) is 11.1. The third-order valence-corrected chi connectivity index (χ3v) is 2.52. The zero-order valence-electron chi connectivity index (χ0n) is 8.23. The van der Waals surface area contributed by atoms with Gasteiger partial charge < -0.3 is 19.7 Å². The Morgan fingerprint density at radius 3 is 2.86 bits per heavy atom. The molecule has 82 valence electrons. The highest BCUT2D eigenvalue weighted by Crippen LogP contribution is 2.30. The molecule has 1 aliphatic rings. The number of aliphatic hydroxyl groups excluding tert-OH is 1. The van der Waals surface area contributed by atoms with Crippen LogP contribution in [0, 0.1) is 0 Å². The maximum Gasteiger partial charge on any atom is 0.338 e. The van der Waals surface area contributed by atoms with Crippen LogP contribution in [0.15, 0.2) is 0 Å². The number of aliphatic hydroxyl groups is 1. The van der Waals surface area contributed by atoms with Gasteiger partial charge in [-0.05, 0) is 13.3 Å². The lowest BCUT2D eigenvalue weighted by Crippen LogP contribution is -2.47. The molecule has 0 bridgehead atoms. The van der Waals surface area contributed by atoms with E-state index in [-0.39, 0.29) is 13.2 Å². The summed E-state index contributed by atoms with van der Waals surface area (Å²) < 4.78 is 10.5. The highest BCUT2D eigenvalue weighted by Gasteiger charge is 2.49. The first-order valence-electron chi connectivity index (χ1n) is 4.73. The molecule has 0 aromatic rings. The van der Waals surface area contributed by atoms with E-state index >= 15 is 0 Å². The number of carboxylic acids is 1. The van der Waals surface area contributed by atoms with Crippen molar-refractivity contribution < 1.29 is 24.5 Å². The largest absolute Gasteiger partial charge is 0.479 e. The van der Waals surface area contributed by atoms with E-state index in [4.69, 9.17) is 19.7 Å². The van der Waals surface area contributed by atoms with Gasteiger partial charge in [-0.15, -0.1) is 0 Å². The van der Waals surface area contributed by atoms with Crippen molar-refractivity contribution in [2.45, 2.75) is 31.5 Å². The SMILES string of the molecule is CC1OCCC1(OCCCO)C(=O)O. The third kappa shape index (κ3) is 2.05. The maximum absolute atomic E-state index is 11.1. The molecule has 2 N–H and O–H groups in total. The number of carboxylic acid groups (broad SMARTS) is 1. The van der Waals surface area contributed by atoms with Crippen molar-refractivity contribution in [3.05, 3.63) is 0 Å². The summed E-state index contributed by atoms with van der Waals surface area (Å²) in [6, 6.07) is 0. The molecular weight excluding hydrogens is 188 g/mol. The number of rotatable bonds is 5. The van der Waals surface area contributed by atoms with Gasteiger partial charge in [0.2, 0.25) is 0 Å². The number of aliphatic carboxylic acids is 1. The predicted octanol–water partition coefficient (Wildman–Crippen LogP) is 0.0176. The van der Waals surface area contributed by atoms with Crippen molar-refractivity contribution in [3.63, 3.8) is 0 Å². The average molecular weight is 204 g/mol. The molecule has 2 unspecified atom stereocenters. The molecular formula is C9H16O5. The van der Waals surface area contributed by atoms with E-state index < -0.39 is 17.7 Å². The number of carbonyl (C=O) groups is 1. The molecule has 0 aromatic heterocycles. The van der Waals surface area contributed by atoms with Crippen molar-refractivity contribution in [3.8, 4) is 0 Å². The van der Waals surface area contributed by atoms with E-state index in [1.807, 2.05) is 0 Å². The van der Waals surface area contributed by atoms with Crippen LogP contribution in [0.5, 0.6) is 0 Å². The van der Waals surface area contributed by atoms with E-state index in [1.54, 1.807) is 6.92 Å². The van der Waals surface area contributed by atoms with Crippen molar-refractivity contribution >= 4 is 5.97 Å². The second-order valence-electron chi connectivity index (χ2n) is 3.38. The molecule has 0 radical (unpaired) electrons. The van der Waals surface area contributed by atoms with Crippen LogP contribution in [0.1, 0.15) is 19.8 Å². The van der Waals surface area contributed by atoms with E-state index in [0.29, 0.717) is 19.4 Å². The number of ether oxygens (including phenoxy) is 2. The Morgan fingerprint density at radius 1 is 1.71 bits per heavy atom. The Kier molecular flexibility index (Phi) is 3.86. The Morgan fingerprint density at radius 2 is 2.43 bits per heavy atom.